The number of nitrogen functional groups attached to an aromatic ring is 1. The summed E-state index contributed by atoms with van der Waals surface area (Å²) in [6.07, 6.45) is 4.44. The van der Waals surface area contributed by atoms with Crippen molar-refractivity contribution in [3.05, 3.63) is 37.8 Å². The smallest absolute Gasteiger partial charge is 0.259 e. The van der Waals surface area contributed by atoms with Crippen LogP contribution in [-0.2, 0) is 19.4 Å². The molecular weight excluding hydrogens is 410 g/mol. The number of piperazine rings is 1. The Morgan fingerprint density at radius 3 is 2.72 bits per heavy atom. The first-order valence-electron chi connectivity index (χ1n) is 9.87. The first-order valence-corrected chi connectivity index (χ1v) is 11.1. The van der Waals surface area contributed by atoms with Gasteiger partial charge in [-0.15, -0.1) is 11.3 Å². The summed E-state index contributed by atoms with van der Waals surface area (Å²) in [4.78, 5) is 35.4. The molecule has 10 heteroatoms. The van der Waals surface area contributed by atoms with Gasteiger partial charge < -0.3 is 15.6 Å². The fourth-order valence-corrected chi connectivity index (χ4v) is 5.68. The number of hydrogen-bond acceptors (Lipinski definition) is 8. The van der Waals surface area contributed by atoms with Gasteiger partial charge in [-0.2, -0.15) is 4.98 Å². The van der Waals surface area contributed by atoms with E-state index in [1.165, 1.54) is 16.9 Å². The standard InChI is InChI=1S/C19H22ClN7OS/c20-13-9-15(25-19(21)22-13)27-7-5-26(6-8-27)10-14-23-17(28)16-11-3-1-2-4-12(11)29-18(16)24-14/h9H,1-8,10H2,(H2,21,22,25)(H,23,24,28). The molecule has 152 valence electrons. The van der Waals surface area contributed by atoms with Crippen molar-refractivity contribution in [3.8, 4) is 0 Å². The van der Waals surface area contributed by atoms with Crippen LogP contribution in [-0.4, -0.2) is 51.0 Å². The van der Waals surface area contributed by atoms with Gasteiger partial charge in [0, 0.05) is 37.1 Å². The summed E-state index contributed by atoms with van der Waals surface area (Å²) in [7, 11) is 0. The van der Waals surface area contributed by atoms with E-state index in [1.54, 1.807) is 17.4 Å². The Bertz CT molecular complexity index is 1100. The molecule has 3 N–H and O–H groups in total. The van der Waals surface area contributed by atoms with Crippen molar-refractivity contribution >= 4 is 44.9 Å². The van der Waals surface area contributed by atoms with E-state index in [4.69, 9.17) is 22.3 Å². The van der Waals surface area contributed by atoms with Crippen molar-refractivity contribution in [3.63, 3.8) is 0 Å². The summed E-state index contributed by atoms with van der Waals surface area (Å²) in [5.41, 5.74) is 6.94. The molecule has 0 spiro atoms. The van der Waals surface area contributed by atoms with Crippen LogP contribution in [0, 0.1) is 0 Å². The van der Waals surface area contributed by atoms with E-state index in [-0.39, 0.29) is 11.5 Å². The molecule has 8 nitrogen and oxygen atoms in total. The van der Waals surface area contributed by atoms with Gasteiger partial charge in [0.15, 0.2) is 0 Å². The zero-order valence-electron chi connectivity index (χ0n) is 15.9. The number of aromatic nitrogens is 4. The number of halogens is 1. The van der Waals surface area contributed by atoms with E-state index in [0.29, 0.717) is 11.7 Å². The molecule has 1 aliphatic carbocycles. The maximum Gasteiger partial charge on any atom is 0.259 e. The number of nitrogens with one attached hydrogen (secondary N) is 1. The summed E-state index contributed by atoms with van der Waals surface area (Å²) in [6, 6.07) is 1.74. The number of anilines is 2. The molecule has 29 heavy (non-hydrogen) atoms. The second-order valence-corrected chi connectivity index (χ2v) is 9.04. The number of thiophene rings is 1. The van der Waals surface area contributed by atoms with Gasteiger partial charge in [-0.3, -0.25) is 9.69 Å². The first-order chi connectivity index (χ1) is 14.1. The highest BCUT2D eigenvalue weighted by Gasteiger charge is 2.22. The van der Waals surface area contributed by atoms with Gasteiger partial charge in [-0.25, -0.2) is 9.97 Å². The van der Waals surface area contributed by atoms with Crippen molar-refractivity contribution in [2.45, 2.75) is 32.2 Å². The van der Waals surface area contributed by atoms with Gasteiger partial charge in [0.05, 0.1) is 11.9 Å². The van der Waals surface area contributed by atoms with E-state index in [2.05, 4.69) is 24.8 Å². The number of H-pyrrole nitrogens is 1. The summed E-state index contributed by atoms with van der Waals surface area (Å²) in [6.45, 7) is 3.90. The average Bonchev–Trinajstić information content (AvgIpc) is 3.06. The van der Waals surface area contributed by atoms with Crippen LogP contribution in [0.2, 0.25) is 5.15 Å². The van der Waals surface area contributed by atoms with Crippen LogP contribution in [0.15, 0.2) is 10.9 Å². The van der Waals surface area contributed by atoms with Crippen LogP contribution in [0.25, 0.3) is 10.2 Å². The number of hydrogen-bond donors (Lipinski definition) is 2. The molecule has 0 radical (unpaired) electrons. The quantitative estimate of drug-likeness (QED) is 0.612. The van der Waals surface area contributed by atoms with E-state index < -0.39 is 0 Å². The number of aryl methyl sites for hydroxylation is 2. The lowest BCUT2D eigenvalue weighted by Gasteiger charge is -2.35. The minimum absolute atomic E-state index is 0.00846. The van der Waals surface area contributed by atoms with Crippen molar-refractivity contribution < 1.29 is 0 Å². The van der Waals surface area contributed by atoms with Crippen LogP contribution in [0.5, 0.6) is 0 Å². The van der Waals surface area contributed by atoms with Crippen molar-refractivity contribution in [2.24, 2.45) is 0 Å². The second-order valence-electron chi connectivity index (χ2n) is 7.57. The summed E-state index contributed by atoms with van der Waals surface area (Å²) < 4.78 is 0. The van der Waals surface area contributed by atoms with E-state index >= 15 is 0 Å². The van der Waals surface area contributed by atoms with Crippen LogP contribution < -0.4 is 16.2 Å². The van der Waals surface area contributed by atoms with E-state index in [0.717, 1.165) is 67.3 Å². The molecule has 3 aromatic heterocycles. The van der Waals surface area contributed by atoms with Crippen LogP contribution >= 0.6 is 22.9 Å². The lowest BCUT2D eigenvalue weighted by atomic mass is 9.97. The zero-order chi connectivity index (χ0) is 20.0. The Morgan fingerprint density at radius 1 is 1.14 bits per heavy atom. The predicted octanol–water partition coefficient (Wildman–Crippen LogP) is 2.21. The molecule has 0 atom stereocenters. The summed E-state index contributed by atoms with van der Waals surface area (Å²) in [5.74, 6) is 1.67. The van der Waals surface area contributed by atoms with E-state index in [1.807, 2.05) is 0 Å². The van der Waals surface area contributed by atoms with Crippen molar-refractivity contribution in [2.75, 3.05) is 36.8 Å². The number of rotatable bonds is 3. The molecule has 1 saturated heterocycles. The Morgan fingerprint density at radius 2 is 1.93 bits per heavy atom. The number of nitrogens with two attached hydrogens (primary N) is 1. The Labute approximate surface area is 176 Å². The molecule has 0 saturated carbocycles. The molecule has 2 aliphatic rings. The third-order valence-corrected chi connectivity index (χ3v) is 7.02. The SMILES string of the molecule is Nc1nc(Cl)cc(N2CCN(Cc3nc4sc5c(c4c(=O)[nH]3)CCCC5)CC2)n1. The predicted molar refractivity (Wildman–Crippen MR) is 116 cm³/mol. The Hall–Kier alpha value is -2.23. The molecule has 4 heterocycles. The minimum Gasteiger partial charge on any atom is -0.368 e. The number of nitrogens with zero attached hydrogens (tertiary/aromatic N) is 5. The Balaban J connectivity index is 1.30. The lowest BCUT2D eigenvalue weighted by Crippen LogP contribution is -2.46. The van der Waals surface area contributed by atoms with Gasteiger partial charge in [0.2, 0.25) is 5.95 Å². The van der Waals surface area contributed by atoms with Crippen LogP contribution in [0.4, 0.5) is 11.8 Å². The largest absolute Gasteiger partial charge is 0.368 e. The average molecular weight is 432 g/mol. The highest BCUT2D eigenvalue weighted by molar-refractivity contribution is 7.18. The molecule has 3 aromatic rings. The van der Waals surface area contributed by atoms with Gasteiger partial charge in [-0.1, -0.05) is 11.6 Å². The molecule has 1 fully saturated rings. The lowest BCUT2D eigenvalue weighted by molar-refractivity contribution is 0.243. The molecular formula is C19H22ClN7OS. The van der Waals surface area contributed by atoms with Gasteiger partial charge in [-0.05, 0) is 31.2 Å². The fraction of sp³-hybridized carbons (Fsp3) is 0.474. The molecule has 5 rings (SSSR count). The van der Waals surface area contributed by atoms with Crippen molar-refractivity contribution in [1.29, 1.82) is 0 Å². The topological polar surface area (TPSA) is 104 Å². The van der Waals surface area contributed by atoms with Crippen LogP contribution in [0.1, 0.15) is 29.1 Å². The first kappa shape index (κ1) is 18.8. The maximum atomic E-state index is 12.7. The highest BCUT2D eigenvalue weighted by Crippen LogP contribution is 2.33. The monoisotopic (exact) mass is 431 g/mol. The molecule has 0 bridgehead atoms. The second kappa shape index (κ2) is 7.55. The molecule has 0 amide bonds. The van der Waals surface area contributed by atoms with Crippen molar-refractivity contribution in [1.82, 2.24) is 24.8 Å². The normalized spacial score (nSPS) is 17.6. The Kier molecular flexibility index (Phi) is 4.89. The van der Waals surface area contributed by atoms with Gasteiger partial charge in [0.1, 0.15) is 21.6 Å². The summed E-state index contributed by atoms with van der Waals surface area (Å²) in [5, 5.41) is 1.17. The minimum atomic E-state index is 0.00846. The van der Waals surface area contributed by atoms with E-state index in [9.17, 15) is 4.79 Å². The molecule has 1 aliphatic heterocycles. The maximum absolute atomic E-state index is 12.7. The van der Waals surface area contributed by atoms with Gasteiger partial charge >= 0.3 is 0 Å². The third-order valence-electron chi connectivity index (χ3n) is 5.64. The number of aromatic amines is 1. The molecule has 0 unspecified atom stereocenters. The molecule has 0 aromatic carbocycles. The van der Waals surface area contributed by atoms with Crippen LogP contribution in [0.3, 0.4) is 0 Å². The third kappa shape index (κ3) is 3.70. The highest BCUT2D eigenvalue weighted by atomic mass is 35.5. The zero-order valence-corrected chi connectivity index (χ0v) is 17.5. The van der Waals surface area contributed by atoms with Gasteiger partial charge in [0.25, 0.3) is 5.56 Å². The number of fused-ring (bicyclic) bond motifs is 3. The fourth-order valence-electron chi connectivity index (χ4n) is 4.22. The summed E-state index contributed by atoms with van der Waals surface area (Å²) >= 11 is 7.69.